The first kappa shape index (κ1) is 29.3. The van der Waals surface area contributed by atoms with E-state index in [1.807, 2.05) is 55.5 Å². The standard InChI is InChI=1S/C28H33N7O6/c1-4-9-23-29-25(28(2,3)37)24(27(36)40-16-7-8-17-41-35(38)39)34(23)18-19-12-14-20(15-13-19)21-10-5-6-11-22(21)26-30-32-33-31-26/h5-6,10-15,37H,4,7-9,16-18H2,1-3H3,(H,30,31,32,33). The monoisotopic (exact) mass is 563 g/mol. The van der Waals surface area contributed by atoms with Gasteiger partial charge >= 0.3 is 5.97 Å². The summed E-state index contributed by atoms with van der Waals surface area (Å²) in [7, 11) is 0. The second-order valence-electron chi connectivity index (χ2n) is 10.00. The van der Waals surface area contributed by atoms with E-state index in [1.54, 1.807) is 18.4 Å². The van der Waals surface area contributed by atoms with E-state index in [4.69, 9.17) is 4.74 Å². The van der Waals surface area contributed by atoms with Gasteiger partial charge in [-0.15, -0.1) is 20.3 Å². The molecule has 41 heavy (non-hydrogen) atoms. The van der Waals surface area contributed by atoms with Crippen LogP contribution in [0.15, 0.2) is 48.5 Å². The number of carbonyl (C=O) groups is 1. The summed E-state index contributed by atoms with van der Waals surface area (Å²) >= 11 is 0. The molecular formula is C28H33N7O6. The highest BCUT2D eigenvalue weighted by Gasteiger charge is 2.32. The van der Waals surface area contributed by atoms with Gasteiger partial charge in [0.15, 0.2) is 5.69 Å². The maximum absolute atomic E-state index is 13.3. The molecule has 0 unspecified atom stereocenters. The summed E-state index contributed by atoms with van der Waals surface area (Å²) in [6.07, 6.45) is 2.14. The van der Waals surface area contributed by atoms with Crippen LogP contribution in [0.4, 0.5) is 0 Å². The third kappa shape index (κ3) is 7.31. The molecule has 0 aliphatic rings. The number of tetrazole rings is 1. The zero-order valence-electron chi connectivity index (χ0n) is 23.2. The summed E-state index contributed by atoms with van der Waals surface area (Å²) in [5.74, 6) is 0.556. The van der Waals surface area contributed by atoms with Gasteiger partial charge < -0.3 is 19.2 Å². The summed E-state index contributed by atoms with van der Waals surface area (Å²) in [6, 6.07) is 15.7. The molecule has 0 saturated carbocycles. The summed E-state index contributed by atoms with van der Waals surface area (Å²) < 4.78 is 7.31. The van der Waals surface area contributed by atoms with Gasteiger partial charge in [-0.3, -0.25) is 0 Å². The number of H-pyrrole nitrogens is 1. The molecule has 216 valence electrons. The molecule has 2 aromatic carbocycles. The number of unbranched alkanes of at least 4 members (excludes halogenated alkanes) is 1. The molecule has 0 atom stereocenters. The van der Waals surface area contributed by atoms with Crippen molar-refractivity contribution >= 4 is 5.97 Å². The number of benzene rings is 2. The minimum absolute atomic E-state index is 0.0496. The summed E-state index contributed by atoms with van der Waals surface area (Å²) in [5, 5.41) is 34.7. The minimum atomic E-state index is -1.38. The number of aryl methyl sites for hydroxylation is 1. The van der Waals surface area contributed by atoms with E-state index in [1.165, 1.54) is 0 Å². The van der Waals surface area contributed by atoms with Crippen molar-refractivity contribution in [3.05, 3.63) is 81.4 Å². The fourth-order valence-corrected chi connectivity index (χ4v) is 4.47. The summed E-state index contributed by atoms with van der Waals surface area (Å²) in [6.45, 7) is 5.49. The van der Waals surface area contributed by atoms with Gasteiger partial charge in [-0.05, 0) is 55.0 Å². The van der Waals surface area contributed by atoms with Crippen molar-refractivity contribution in [3.8, 4) is 22.5 Å². The molecule has 2 aromatic heterocycles. The van der Waals surface area contributed by atoms with Gasteiger partial charge in [-0.1, -0.05) is 55.5 Å². The number of ether oxygens (including phenoxy) is 1. The zero-order chi connectivity index (χ0) is 29.4. The van der Waals surface area contributed by atoms with Gasteiger partial charge in [0.2, 0.25) is 5.82 Å². The Morgan fingerprint density at radius 2 is 1.80 bits per heavy atom. The summed E-state index contributed by atoms with van der Waals surface area (Å²) in [4.78, 5) is 32.6. The maximum Gasteiger partial charge on any atom is 0.357 e. The topological polar surface area (TPSA) is 171 Å². The van der Waals surface area contributed by atoms with Crippen molar-refractivity contribution in [1.29, 1.82) is 0 Å². The van der Waals surface area contributed by atoms with Crippen molar-refractivity contribution in [2.45, 2.75) is 58.6 Å². The van der Waals surface area contributed by atoms with Crippen LogP contribution in [-0.4, -0.2) is 59.6 Å². The predicted octanol–water partition coefficient (Wildman–Crippen LogP) is 4.10. The molecule has 0 bridgehead atoms. The van der Waals surface area contributed by atoms with Crippen LogP contribution in [-0.2, 0) is 28.1 Å². The molecule has 0 radical (unpaired) electrons. The smallest absolute Gasteiger partial charge is 0.357 e. The normalized spacial score (nSPS) is 11.4. The predicted molar refractivity (Wildman–Crippen MR) is 148 cm³/mol. The Morgan fingerprint density at radius 3 is 2.44 bits per heavy atom. The van der Waals surface area contributed by atoms with Crippen LogP contribution in [0.5, 0.6) is 0 Å². The molecule has 13 nitrogen and oxygen atoms in total. The first-order valence-corrected chi connectivity index (χ1v) is 13.4. The van der Waals surface area contributed by atoms with Gasteiger partial charge in [0.05, 0.1) is 13.2 Å². The Balaban J connectivity index is 1.59. The van der Waals surface area contributed by atoms with Crippen molar-refractivity contribution in [2.75, 3.05) is 13.2 Å². The molecule has 0 saturated heterocycles. The van der Waals surface area contributed by atoms with Gasteiger partial charge in [-0.2, -0.15) is 5.21 Å². The van der Waals surface area contributed by atoms with Crippen molar-refractivity contribution in [3.63, 3.8) is 0 Å². The van der Waals surface area contributed by atoms with E-state index in [9.17, 15) is 20.0 Å². The molecule has 2 heterocycles. The third-order valence-corrected chi connectivity index (χ3v) is 6.38. The number of aromatic amines is 1. The number of hydrogen-bond donors (Lipinski definition) is 2. The number of rotatable bonds is 14. The second-order valence-corrected chi connectivity index (χ2v) is 10.00. The van der Waals surface area contributed by atoms with Crippen molar-refractivity contribution in [1.82, 2.24) is 30.2 Å². The van der Waals surface area contributed by atoms with Crippen LogP contribution in [0, 0.1) is 10.1 Å². The van der Waals surface area contributed by atoms with Crippen LogP contribution >= 0.6 is 0 Å². The average molecular weight is 564 g/mol. The molecule has 0 amide bonds. The van der Waals surface area contributed by atoms with E-state index >= 15 is 0 Å². The number of carbonyl (C=O) groups excluding carboxylic acids is 1. The molecule has 4 rings (SSSR count). The van der Waals surface area contributed by atoms with Crippen molar-refractivity contribution < 1.29 is 24.6 Å². The minimum Gasteiger partial charge on any atom is -0.461 e. The van der Waals surface area contributed by atoms with E-state index < -0.39 is 16.7 Å². The quantitative estimate of drug-likeness (QED) is 0.0984. The van der Waals surface area contributed by atoms with Crippen LogP contribution in [0.1, 0.15) is 67.6 Å². The number of hydrogen-bond acceptors (Lipinski definition) is 10. The van der Waals surface area contributed by atoms with Gasteiger partial charge in [0.25, 0.3) is 5.09 Å². The molecule has 0 aliphatic carbocycles. The molecule has 4 aromatic rings. The molecule has 13 heteroatoms. The van der Waals surface area contributed by atoms with E-state index in [0.29, 0.717) is 37.5 Å². The Bertz CT molecular complexity index is 1460. The van der Waals surface area contributed by atoms with Crippen LogP contribution < -0.4 is 0 Å². The zero-order valence-corrected chi connectivity index (χ0v) is 23.2. The van der Waals surface area contributed by atoms with E-state index in [2.05, 4.69) is 30.4 Å². The van der Waals surface area contributed by atoms with Gasteiger partial charge in [0, 0.05) is 18.5 Å². The first-order chi connectivity index (χ1) is 19.7. The van der Waals surface area contributed by atoms with Crippen LogP contribution in [0.2, 0.25) is 0 Å². The highest BCUT2D eigenvalue weighted by atomic mass is 16.9. The fraction of sp³-hybridized carbons (Fsp3) is 0.393. The first-order valence-electron chi connectivity index (χ1n) is 13.4. The maximum atomic E-state index is 13.3. The largest absolute Gasteiger partial charge is 0.461 e. The Morgan fingerprint density at radius 1 is 1.10 bits per heavy atom. The molecule has 0 aliphatic heterocycles. The lowest BCUT2D eigenvalue weighted by Crippen LogP contribution is -2.23. The molecule has 2 N–H and O–H groups in total. The lowest BCUT2D eigenvalue weighted by molar-refractivity contribution is -0.757. The number of imidazole rings is 1. The number of nitrogens with zero attached hydrogens (tertiary/aromatic N) is 6. The lowest BCUT2D eigenvalue weighted by atomic mass is 9.98. The average Bonchev–Trinajstić information content (AvgIpc) is 3.60. The van der Waals surface area contributed by atoms with Crippen LogP contribution in [0.25, 0.3) is 22.5 Å². The number of esters is 1. The molecule has 0 fully saturated rings. The number of aliphatic hydroxyl groups is 1. The molecule has 0 spiro atoms. The molecular weight excluding hydrogens is 530 g/mol. The Kier molecular flexibility index (Phi) is 9.40. The Labute approximate surface area is 236 Å². The lowest BCUT2D eigenvalue weighted by Gasteiger charge is -2.18. The number of nitrogens with one attached hydrogen (secondary N) is 1. The third-order valence-electron chi connectivity index (χ3n) is 6.38. The highest BCUT2D eigenvalue weighted by molar-refractivity contribution is 5.89. The van der Waals surface area contributed by atoms with E-state index in [-0.39, 0.29) is 24.6 Å². The Hall–Kier alpha value is -4.65. The van der Waals surface area contributed by atoms with Crippen molar-refractivity contribution in [2.24, 2.45) is 0 Å². The number of aromatic nitrogens is 6. The van der Waals surface area contributed by atoms with E-state index in [0.717, 1.165) is 28.7 Å². The van der Waals surface area contributed by atoms with Gasteiger partial charge in [-0.25, -0.2) is 9.78 Å². The highest BCUT2D eigenvalue weighted by Crippen LogP contribution is 2.31. The summed E-state index contributed by atoms with van der Waals surface area (Å²) in [5.41, 5.74) is 2.73. The fourth-order valence-electron chi connectivity index (χ4n) is 4.47. The van der Waals surface area contributed by atoms with Crippen LogP contribution in [0.3, 0.4) is 0 Å². The van der Waals surface area contributed by atoms with Gasteiger partial charge in [0.1, 0.15) is 17.1 Å². The second kappa shape index (κ2) is 13.1. The SMILES string of the molecule is CCCc1nc(C(C)(C)O)c(C(=O)OCCCCO[N+](=O)[O-])n1Cc1ccc(-c2ccccc2-c2nn[nH]n2)cc1.